The first-order chi connectivity index (χ1) is 17.8. The Morgan fingerprint density at radius 3 is 2.39 bits per heavy atom. The zero-order valence-corrected chi connectivity index (χ0v) is 19.6. The van der Waals surface area contributed by atoms with Crippen LogP contribution < -0.4 is 10.2 Å². The molecule has 0 spiro atoms. The van der Waals surface area contributed by atoms with Crippen molar-refractivity contribution >= 4 is 23.2 Å². The van der Waals surface area contributed by atoms with Crippen LogP contribution in [0.15, 0.2) is 88.3 Å². The molecule has 0 saturated carbocycles. The highest BCUT2D eigenvalue weighted by Gasteiger charge is 2.27. The molecule has 2 aliphatic heterocycles. The van der Waals surface area contributed by atoms with Gasteiger partial charge in [-0.3, -0.25) is 9.79 Å². The number of carbonyl (C=O) groups is 1. The summed E-state index contributed by atoms with van der Waals surface area (Å²) in [7, 11) is 0. The summed E-state index contributed by atoms with van der Waals surface area (Å²) in [6.07, 6.45) is -0.593. The number of para-hydroxylation sites is 1. The number of morpholine rings is 1. The number of rotatable bonds is 5. The van der Waals surface area contributed by atoms with Crippen molar-refractivity contribution in [1.82, 2.24) is 10.2 Å². The standard InChI is InChI=1S/C28H25N5O3/c34-24-18-20-10-4-5-11-21(20)25(19-8-2-1-3-9-19)29-26(24)30-28-32-31-27(36-28)22-12-6-7-13-23(22)33-14-16-35-17-15-33/h1-13,26H,14-18H2,(H,30,32)/t26-/m1/s1. The van der Waals surface area contributed by atoms with Gasteiger partial charge in [0.25, 0.3) is 5.89 Å². The van der Waals surface area contributed by atoms with Gasteiger partial charge in [0.05, 0.1) is 24.5 Å². The molecule has 0 bridgehead atoms. The molecule has 36 heavy (non-hydrogen) atoms. The van der Waals surface area contributed by atoms with Crippen molar-refractivity contribution in [3.05, 3.63) is 95.6 Å². The Bertz CT molecular complexity index is 1410. The minimum atomic E-state index is -0.851. The van der Waals surface area contributed by atoms with Crippen LogP contribution in [0.2, 0.25) is 0 Å². The lowest BCUT2D eigenvalue weighted by atomic mass is 9.96. The zero-order chi connectivity index (χ0) is 24.3. The Labute approximate surface area is 208 Å². The largest absolute Gasteiger partial charge is 0.403 e. The van der Waals surface area contributed by atoms with Crippen molar-refractivity contribution in [2.45, 2.75) is 12.6 Å². The quantitative estimate of drug-likeness (QED) is 0.463. The Balaban J connectivity index is 1.32. The van der Waals surface area contributed by atoms with Crippen LogP contribution in [0.1, 0.15) is 16.7 Å². The van der Waals surface area contributed by atoms with E-state index >= 15 is 0 Å². The van der Waals surface area contributed by atoms with E-state index in [9.17, 15) is 4.79 Å². The van der Waals surface area contributed by atoms with Crippen LogP contribution >= 0.6 is 0 Å². The fourth-order valence-corrected chi connectivity index (χ4v) is 4.64. The minimum Gasteiger partial charge on any atom is -0.403 e. The molecular weight excluding hydrogens is 454 g/mol. The van der Waals surface area contributed by atoms with Crippen LogP contribution in [0.4, 0.5) is 11.7 Å². The normalized spacial score (nSPS) is 17.8. The molecule has 0 unspecified atom stereocenters. The first-order valence-electron chi connectivity index (χ1n) is 12.0. The van der Waals surface area contributed by atoms with E-state index in [0.29, 0.717) is 19.1 Å². The molecule has 2 aliphatic rings. The van der Waals surface area contributed by atoms with Gasteiger partial charge in [-0.15, -0.1) is 5.10 Å². The van der Waals surface area contributed by atoms with Crippen LogP contribution in [0, 0.1) is 0 Å². The monoisotopic (exact) mass is 479 g/mol. The average Bonchev–Trinajstić information content (AvgIpc) is 3.35. The second-order valence-electron chi connectivity index (χ2n) is 8.72. The summed E-state index contributed by atoms with van der Waals surface area (Å²) in [5.41, 5.74) is 5.45. The number of fused-ring (bicyclic) bond motifs is 1. The molecule has 1 saturated heterocycles. The number of ether oxygens (including phenoxy) is 1. The summed E-state index contributed by atoms with van der Waals surface area (Å²) in [6, 6.07) is 25.9. The number of hydrogen-bond donors (Lipinski definition) is 1. The van der Waals surface area contributed by atoms with Gasteiger partial charge in [-0.05, 0) is 17.7 Å². The van der Waals surface area contributed by atoms with Gasteiger partial charge in [-0.1, -0.05) is 71.8 Å². The fourth-order valence-electron chi connectivity index (χ4n) is 4.64. The Morgan fingerprint density at radius 2 is 1.56 bits per heavy atom. The lowest BCUT2D eigenvalue weighted by Crippen LogP contribution is -2.36. The molecule has 8 heteroatoms. The van der Waals surface area contributed by atoms with E-state index in [2.05, 4.69) is 20.4 Å². The molecule has 1 aromatic heterocycles. The predicted octanol–water partition coefficient (Wildman–Crippen LogP) is 3.97. The van der Waals surface area contributed by atoms with Crippen LogP contribution in [0.5, 0.6) is 0 Å². The molecule has 1 fully saturated rings. The van der Waals surface area contributed by atoms with Gasteiger partial charge >= 0.3 is 6.01 Å². The number of benzene rings is 3. The summed E-state index contributed by atoms with van der Waals surface area (Å²) < 4.78 is 11.5. The van der Waals surface area contributed by atoms with E-state index in [1.807, 2.05) is 78.9 Å². The number of ketones is 1. The molecule has 4 aromatic rings. The van der Waals surface area contributed by atoms with E-state index < -0.39 is 6.17 Å². The maximum atomic E-state index is 13.2. The van der Waals surface area contributed by atoms with E-state index in [1.165, 1.54) is 0 Å². The minimum absolute atomic E-state index is 0.0677. The molecule has 0 radical (unpaired) electrons. The van der Waals surface area contributed by atoms with Crippen molar-refractivity contribution in [1.29, 1.82) is 0 Å². The van der Waals surface area contributed by atoms with E-state index in [0.717, 1.165) is 46.7 Å². The van der Waals surface area contributed by atoms with E-state index in [-0.39, 0.29) is 18.2 Å². The van der Waals surface area contributed by atoms with Crippen LogP contribution in [-0.2, 0) is 16.0 Å². The fraction of sp³-hybridized carbons (Fsp3) is 0.214. The molecule has 1 N–H and O–H groups in total. The van der Waals surface area contributed by atoms with Gasteiger partial charge in [0.2, 0.25) is 0 Å². The van der Waals surface area contributed by atoms with Gasteiger partial charge < -0.3 is 19.4 Å². The summed E-state index contributed by atoms with van der Waals surface area (Å²) >= 11 is 0. The number of Topliss-reactive ketones (excluding diaryl/α,β-unsaturated/α-hetero) is 1. The highest BCUT2D eigenvalue weighted by atomic mass is 16.5. The number of carbonyl (C=O) groups excluding carboxylic acids is 1. The molecule has 0 amide bonds. The molecule has 180 valence electrons. The SMILES string of the molecule is O=C1Cc2ccccc2C(c2ccccc2)=N[C@@H]1Nc1nnc(-c2ccccc2N2CCOCC2)o1. The first kappa shape index (κ1) is 22.2. The molecule has 3 aromatic carbocycles. The molecule has 6 rings (SSSR count). The maximum Gasteiger partial charge on any atom is 0.317 e. The summed E-state index contributed by atoms with van der Waals surface area (Å²) in [5, 5.41) is 11.6. The third-order valence-electron chi connectivity index (χ3n) is 6.42. The molecule has 3 heterocycles. The molecule has 8 nitrogen and oxygen atoms in total. The first-order valence-corrected chi connectivity index (χ1v) is 12.0. The van der Waals surface area contributed by atoms with Gasteiger partial charge in [-0.2, -0.15) is 0 Å². The Morgan fingerprint density at radius 1 is 0.833 bits per heavy atom. The van der Waals surface area contributed by atoms with Crippen LogP contribution in [-0.4, -0.2) is 54.2 Å². The maximum absolute atomic E-state index is 13.2. The van der Waals surface area contributed by atoms with Crippen LogP contribution in [0.3, 0.4) is 0 Å². The molecule has 1 atom stereocenters. The van der Waals surface area contributed by atoms with Crippen molar-refractivity contribution in [2.75, 3.05) is 36.5 Å². The third kappa shape index (κ3) is 4.38. The highest BCUT2D eigenvalue weighted by Crippen LogP contribution is 2.31. The van der Waals surface area contributed by atoms with Gasteiger partial charge in [0, 0.05) is 36.3 Å². The Kier molecular flexibility index (Phi) is 6.01. The lowest BCUT2D eigenvalue weighted by Gasteiger charge is -2.29. The van der Waals surface area contributed by atoms with E-state index in [1.54, 1.807) is 0 Å². The number of aliphatic imine (C=N–C) groups is 1. The number of anilines is 2. The Hall–Kier alpha value is -4.30. The van der Waals surface area contributed by atoms with Crippen molar-refractivity contribution in [3.8, 4) is 11.5 Å². The third-order valence-corrected chi connectivity index (χ3v) is 6.42. The molecule has 0 aliphatic carbocycles. The van der Waals surface area contributed by atoms with Gasteiger partial charge in [-0.25, -0.2) is 0 Å². The summed E-state index contributed by atoms with van der Waals surface area (Å²) in [5.74, 6) is 0.318. The number of nitrogens with one attached hydrogen (secondary N) is 1. The highest BCUT2D eigenvalue weighted by molar-refractivity contribution is 6.16. The number of nitrogens with zero attached hydrogens (tertiary/aromatic N) is 4. The second kappa shape index (κ2) is 9.75. The summed E-state index contributed by atoms with van der Waals surface area (Å²) in [6.45, 7) is 2.95. The topological polar surface area (TPSA) is 92.9 Å². The van der Waals surface area contributed by atoms with E-state index in [4.69, 9.17) is 14.1 Å². The predicted molar refractivity (Wildman–Crippen MR) is 137 cm³/mol. The van der Waals surface area contributed by atoms with Gasteiger partial charge in [0.1, 0.15) is 0 Å². The van der Waals surface area contributed by atoms with Gasteiger partial charge in [0.15, 0.2) is 11.9 Å². The van der Waals surface area contributed by atoms with Crippen molar-refractivity contribution < 1.29 is 13.9 Å². The average molecular weight is 480 g/mol. The number of hydrogen-bond acceptors (Lipinski definition) is 8. The number of aromatic nitrogens is 2. The van der Waals surface area contributed by atoms with Crippen LogP contribution in [0.25, 0.3) is 11.5 Å². The lowest BCUT2D eigenvalue weighted by molar-refractivity contribution is -0.119. The smallest absolute Gasteiger partial charge is 0.317 e. The van der Waals surface area contributed by atoms with Crippen molar-refractivity contribution in [2.24, 2.45) is 4.99 Å². The summed E-state index contributed by atoms with van der Waals surface area (Å²) in [4.78, 5) is 20.3. The second-order valence-corrected chi connectivity index (χ2v) is 8.72. The van der Waals surface area contributed by atoms with Crippen molar-refractivity contribution in [3.63, 3.8) is 0 Å². The zero-order valence-electron chi connectivity index (χ0n) is 19.6. The molecular formula is C28H25N5O3.